The Morgan fingerprint density at radius 1 is 1.09 bits per heavy atom. The first-order valence-corrected chi connectivity index (χ1v) is 16.9. The third-order valence-corrected chi connectivity index (χ3v) is 9.53. The second-order valence-corrected chi connectivity index (χ2v) is 13.4. The number of benzene rings is 3. The lowest BCUT2D eigenvalue weighted by atomic mass is 9.96. The van der Waals surface area contributed by atoms with Gasteiger partial charge in [0.05, 0.1) is 37.4 Å². The van der Waals surface area contributed by atoms with Gasteiger partial charge >= 0.3 is 5.97 Å². The summed E-state index contributed by atoms with van der Waals surface area (Å²) >= 11 is 20.8. The summed E-state index contributed by atoms with van der Waals surface area (Å²) in [5.41, 5.74) is 2.77. The molecule has 0 amide bonds. The molecule has 232 valence electrons. The van der Waals surface area contributed by atoms with Crippen LogP contribution in [0.2, 0.25) is 10.0 Å². The summed E-state index contributed by atoms with van der Waals surface area (Å²) in [7, 11) is 0. The van der Waals surface area contributed by atoms with Crippen molar-refractivity contribution in [3.63, 3.8) is 0 Å². The maximum atomic E-state index is 14.0. The highest BCUT2D eigenvalue weighted by atomic mass is 79.9. The molecule has 4 aromatic rings. The lowest BCUT2D eigenvalue weighted by molar-refractivity contribution is -0.139. The van der Waals surface area contributed by atoms with E-state index in [1.165, 1.54) is 11.3 Å². The molecule has 7 nitrogen and oxygen atoms in total. The van der Waals surface area contributed by atoms with Gasteiger partial charge in [-0.05, 0) is 99.3 Å². The Kier molecular flexibility index (Phi) is 10.7. The van der Waals surface area contributed by atoms with Gasteiger partial charge in [-0.2, -0.15) is 0 Å². The van der Waals surface area contributed by atoms with E-state index in [1.54, 1.807) is 54.8 Å². The summed E-state index contributed by atoms with van der Waals surface area (Å²) in [6.07, 6.45) is 3.44. The molecule has 0 aliphatic carbocycles. The van der Waals surface area contributed by atoms with E-state index in [2.05, 4.69) is 43.4 Å². The molecule has 1 atom stereocenters. The fourth-order valence-electron chi connectivity index (χ4n) is 4.75. The molecule has 0 spiro atoms. The maximum absolute atomic E-state index is 14.0. The molecule has 45 heavy (non-hydrogen) atoms. The van der Waals surface area contributed by atoms with Gasteiger partial charge in [-0.1, -0.05) is 65.4 Å². The second-order valence-electron chi connectivity index (χ2n) is 9.81. The van der Waals surface area contributed by atoms with E-state index in [0.717, 1.165) is 16.7 Å². The van der Waals surface area contributed by atoms with Crippen LogP contribution in [0.5, 0.6) is 11.5 Å². The van der Waals surface area contributed by atoms with Crippen molar-refractivity contribution in [2.45, 2.75) is 26.5 Å². The summed E-state index contributed by atoms with van der Waals surface area (Å²) in [6, 6.07) is 15.5. The minimum absolute atomic E-state index is 0.192. The Morgan fingerprint density at radius 3 is 2.44 bits per heavy atom. The van der Waals surface area contributed by atoms with Crippen LogP contribution in [0.25, 0.3) is 6.08 Å². The van der Waals surface area contributed by atoms with E-state index in [0.29, 0.717) is 57.7 Å². The molecule has 5 rings (SSSR count). The Balaban J connectivity index is 1.53. The van der Waals surface area contributed by atoms with Gasteiger partial charge in [-0.15, -0.1) is 0 Å². The van der Waals surface area contributed by atoms with Crippen LogP contribution in [0.4, 0.5) is 0 Å². The molecule has 1 aliphatic rings. The smallest absolute Gasteiger partial charge is 0.338 e. The van der Waals surface area contributed by atoms with Gasteiger partial charge in [0.1, 0.15) is 24.7 Å². The number of ether oxygens (including phenoxy) is 3. The number of esters is 1. The number of fused-ring (bicyclic) bond motifs is 1. The van der Waals surface area contributed by atoms with Gasteiger partial charge in [0.15, 0.2) is 4.80 Å². The lowest BCUT2D eigenvalue weighted by Crippen LogP contribution is -2.39. The SMILES string of the molecule is C=CCOc1ccc([C@H]2C(C(=O)OCC)=C(C)N=c3s/c(=C\c4cc(Br)c(OCc5ccc(Cl)cc5Cl)c(Br)c4)c(=O)n32)cc1. The van der Waals surface area contributed by atoms with Crippen LogP contribution in [-0.2, 0) is 16.1 Å². The van der Waals surface area contributed by atoms with Crippen molar-refractivity contribution in [2.75, 3.05) is 13.2 Å². The first-order chi connectivity index (χ1) is 21.6. The molecule has 1 aromatic heterocycles. The minimum atomic E-state index is -0.732. The Hall–Kier alpha value is -3.15. The van der Waals surface area contributed by atoms with Crippen molar-refractivity contribution < 1.29 is 19.0 Å². The number of allylic oxidation sites excluding steroid dienone is 1. The number of halogens is 4. The zero-order valence-corrected chi connectivity index (χ0v) is 29.6. The van der Waals surface area contributed by atoms with Crippen molar-refractivity contribution in [3.05, 3.63) is 134 Å². The van der Waals surface area contributed by atoms with Crippen LogP contribution in [0.15, 0.2) is 97.3 Å². The molecule has 0 N–H and O–H groups in total. The molecular formula is C33H26Br2Cl2N2O5S. The molecule has 3 aromatic carbocycles. The first kappa shape index (κ1) is 33.2. The lowest BCUT2D eigenvalue weighted by Gasteiger charge is -2.24. The summed E-state index contributed by atoms with van der Waals surface area (Å²) < 4.78 is 20.4. The van der Waals surface area contributed by atoms with Crippen molar-refractivity contribution in [2.24, 2.45) is 4.99 Å². The third kappa shape index (κ3) is 7.31. The number of carbonyl (C=O) groups is 1. The highest BCUT2D eigenvalue weighted by Gasteiger charge is 2.33. The van der Waals surface area contributed by atoms with E-state index in [-0.39, 0.29) is 18.8 Å². The van der Waals surface area contributed by atoms with Crippen molar-refractivity contribution >= 4 is 78.4 Å². The predicted octanol–water partition coefficient (Wildman–Crippen LogP) is 7.77. The molecule has 0 unspecified atom stereocenters. The van der Waals surface area contributed by atoms with Crippen LogP contribution in [0, 0.1) is 0 Å². The Labute approximate surface area is 290 Å². The largest absolute Gasteiger partial charge is 0.490 e. The van der Waals surface area contributed by atoms with Crippen LogP contribution < -0.4 is 24.4 Å². The first-order valence-electron chi connectivity index (χ1n) is 13.7. The average Bonchev–Trinajstić information content (AvgIpc) is 3.30. The molecule has 2 heterocycles. The minimum Gasteiger partial charge on any atom is -0.490 e. The molecule has 0 bridgehead atoms. The molecular weight excluding hydrogens is 767 g/mol. The number of thiazole rings is 1. The summed E-state index contributed by atoms with van der Waals surface area (Å²) in [5, 5.41) is 1.06. The molecule has 1 aliphatic heterocycles. The quantitative estimate of drug-likeness (QED) is 0.121. The van der Waals surface area contributed by atoms with E-state index in [4.69, 9.17) is 37.4 Å². The summed E-state index contributed by atoms with van der Waals surface area (Å²) in [6.45, 7) is 7.95. The Morgan fingerprint density at radius 2 is 1.80 bits per heavy atom. The second kappa shape index (κ2) is 14.5. The van der Waals surface area contributed by atoms with Gasteiger partial charge in [-0.3, -0.25) is 9.36 Å². The molecule has 0 saturated carbocycles. The number of carbonyl (C=O) groups excluding carboxylic acids is 1. The number of hydrogen-bond acceptors (Lipinski definition) is 7. The van der Waals surface area contributed by atoms with Crippen LogP contribution >= 0.6 is 66.4 Å². The summed E-state index contributed by atoms with van der Waals surface area (Å²) in [4.78, 5) is 32.3. The van der Waals surface area contributed by atoms with Gasteiger partial charge in [0.2, 0.25) is 0 Å². The van der Waals surface area contributed by atoms with E-state index in [9.17, 15) is 9.59 Å². The standard InChI is InChI=1S/C33H26Br2Cl2N2O5S/c1-4-12-43-23-10-7-20(8-11-23)29-28(32(41)42-5-2)18(3)38-33-39(29)31(40)27(45-33)15-19-13-24(34)30(25(35)14-19)44-17-21-6-9-22(36)16-26(21)37/h4,6-11,13-16,29H,1,5,12,17H2,2-3H3/b27-15-/t29-/m0/s1. The topological polar surface area (TPSA) is 79.1 Å². The number of hydrogen-bond donors (Lipinski definition) is 0. The van der Waals surface area contributed by atoms with Crippen LogP contribution in [0.3, 0.4) is 0 Å². The van der Waals surface area contributed by atoms with Gasteiger partial charge in [0, 0.05) is 15.6 Å². The van der Waals surface area contributed by atoms with E-state index >= 15 is 0 Å². The fourth-order valence-corrected chi connectivity index (χ4v) is 7.71. The van der Waals surface area contributed by atoms with Crippen LogP contribution in [-0.4, -0.2) is 23.8 Å². The van der Waals surface area contributed by atoms with Gasteiger partial charge in [0.25, 0.3) is 5.56 Å². The van der Waals surface area contributed by atoms with E-state index < -0.39 is 12.0 Å². The normalized spacial score (nSPS) is 14.5. The monoisotopic (exact) mass is 790 g/mol. The number of rotatable bonds is 10. The maximum Gasteiger partial charge on any atom is 0.338 e. The zero-order valence-electron chi connectivity index (χ0n) is 24.1. The fraction of sp³-hybridized carbons (Fsp3) is 0.182. The molecule has 0 saturated heterocycles. The highest BCUT2D eigenvalue weighted by molar-refractivity contribution is 9.11. The zero-order chi connectivity index (χ0) is 32.2. The predicted molar refractivity (Wildman–Crippen MR) is 185 cm³/mol. The van der Waals surface area contributed by atoms with Crippen molar-refractivity contribution in [3.8, 4) is 11.5 Å². The summed E-state index contributed by atoms with van der Waals surface area (Å²) in [5.74, 6) is 0.701. The average molecular weight is 793 g/mol. The molecule has 0 fully saturated rings. The van der Waals surface area contributed by atoms with Crippen molar-refractivity contribution in [1.29, 1.82) is 0 Å². The van der Waals surface area contributed by atoms with Gasteiger partial charge < -0.3 is 14.2 Å². The molecule has 0 radical (unpaired) electrons. The van der Waals surface area contributed by atoms with E-state index in [1.807, 2.05) is 30.3 Å². The van der Waals surface area contributed by atoms with Crippen LogP contribution in [0.1, 0.15) is 36.6 Å². The number of nitrogens with zero attached hydrogens (tertiary/aromatic N) is 2. The highest BCUT2D eigenvalue weighted by Crippen LogP contribution is 2.36. The van der Waals surface area contributed by atoms with Gasteiger partial charge in [-0.25, -0.2) is 9.79 Å². The molecule has 12 heteroatoms. The Bertz CT molecular complexity index is 1980. The number of aromatic nitrogens is 1. The third-order valence-electron chi connectivity index (χ3n) is 6.79. The van der Waals surface area contributed by atoms with Crippen molar-refractivity contribution in [1.82, 2.24) is 4.57 Å².